The third-order valence-electron chi connectivity index (χ3n) is 5.20. The summed E-state index contributed by atoms with van der Waals surface area (Å²) in [6.07, 6.45) is 9.29. The van der Waals surface area contributed by atoms with Gasteiger partial charge in [-0.15, -0.1) is 0 Å². The zero-order chi connectivity index (χ0) is 17.0. The van der Waals surface area contributed by atoms with Crippen LogP contribution in [0.5, 0.6) is 0 Å². The molecule has 1 atom stereocenters. The van der Waals surface area contributed by atoms with Crippen LogP contribution in [0.4, 0.5) is 10.5 Å². The van der Waals surface area contributed by atoms with E-state index in [2.05, 4.69) is 10.6 Å². The molecule has 2 heterocycles. The normalized spacial score (nSPS) is 23.0. The highest BCUT2D eigenvalue weighted by atomic mass is 16.5. The van der Waals surface area contributed by atoms with Crippen molar-refractivity contribution in [1.29, 1.82) is 0 Å². The Morgan fingerprint density at radius 3 is 2.92 bits per heavy atom. The van der Waals surface area contributed by atoms with Crippen LogP contribution in [-0.4, -0.2) is 28.8 Å². The van der Waals surface area contributed by atoms with Gasteiger partial charge in [-0.25, -0.2) is 4.79 Å². The van der Waals surface area contributed by atoms with Crippen molar-refractivity contribution in [3.8, 4) is 0 Å². The van der Waals surface area contributed by atoms with Crippen LogP contribution < -0.4 is 16.2 Å². The van der Waals surface area contributed by atoms with Crippen molar-refractivity contribution >= 4 is 11.7 Å². The molecule has 1 aliphatic carbocycles. The van der Waals surface area contributed by atoms with Crippen LogP contribution in [-0.2, 0) is 11.3 Å². The fraction of sp³-hybridized carbons (Fsp3) is 0.667. The molecule has 1 aliphatic heterocycles. The number of amides is 2. The van der Waals surface area contributed by atoms with Crippen molar-refractivity contribution in [3.05, 3.63) is 28.7 Å². The molecule has 2 amide bonds. The van der Waals surface area contributed by atoms with E-state index in [4.69, 9.17) is 4.74 Å². The molecule has 0 radical (unpaired) electrons. The number of aryl methyl sites for hydroxylation is 1. The number of carbonyl (C=O) groups is 1. The highest BCUT2D eigenvalue weighted by Gasteiger charge is 2.38. The number of urea groups is 1. The van der Waals surface area contributed by atoms with Gasteiger partial charge >= 0.3 is 6.03 Å². The van der Waals surface area contributed by atoms with E-state index in [9.17, 15) is 9.59 Å². The van der Waals surface area contributed by atoms with Gasteiger partial charge in [-0.2, -0.15) is 0 Å². The molecule has 1 spiro atoms. The highest BCUT2D eigenvalue weighted by Crippen LogP contribution is 2.38. The standard InChI is InChI=1S/C18H27N3O3/c1-2-21-11-6-7-15(16(21)22)20-17(23)19-14-8-12-24-18(13-14)9-4-3-5-10-18/h6-7,11,14H,2-5,8-10,12-13H2,1H3,(H2,19,20,23). The first-order valence-electron chi connectivity index (χ1n) is 9.03. The Bertz CT molecular complexity index is 629. The minimum Gasteiger partial charge on any atom is -0.375 e. The average molecular weight is 333 g/mol. The minimum atomic E-state index is -0.307. The van der Waals surface area contributed by atoms with Crippen molar-refractivity contribution in [1.82, 2.24) is 9.88 Å². The monoisotopic (exact) mass is 333 g/mol. The van der Waals surface area contributed by atoms with Crippen molar-refractivity contribution in [2.24, 2.45) is 0 Å². The Balaban J connectivity index is 1.59. The zero-order valence-corrected chi connectivity index (χ0v) is 14.3. The summed E-state index contributed by atoms with van der Waals surface area (Å²) in [5, 5.41) is 5.72. The summed E-state index contributed by atoms with van der Waals surface area (Å²) < 4.78 is 7.63. The van der Waals surface area contributed by atoms with E-state index in [1.54, 1.807) is 22.9 Å². The number of hydrogen-bond acceptors (Lipinski definition) is 3. The zero-order valence-electron chi connectivity index (χ0n) is 14.3. The predicted octanol–water partition coefficient (Wildman–Crippen LogP) is 2.87. The van der Waals surface area contributed by atoms with Crippen LogP contribution >= 0.6 is 0 Å². The number of carbonyl (C=O) groups excluding carboxylic acids is 1. The number of nitrogens with one attached hydrogen (secondary N) is 2. The maximum absolute atomic E-state index is 12.3. The Morgan fingerprint density at radius 1 is 1.38 bits per heavy atom. The second-order valence-corrected chi connectivity index (χ2v) is 6.89. The molecule has 2 fully saturated rings. The lowest BCUT2D eigenvalue weighted by Gasteiger charge is -2.43. The van der Waals surface area contributed by atoms with E-state index < -0.39 is 0 Å². The SMILES string of the molecule is CCn1cccc(NC(=O)NC2CCOC3(CCCCC3)C2)c1=O. The molecule has 0 aromatic carbocycles. The van der Waals surface area contributed by atoms with E-state index in [0.717, 1.165) is 25.7 Å². The number of aromatic nitrogens is 1. The maximum atomic E-state index is 12.3. The Hall–Kier alpha value is -1.82. The molecule has 0 bridgehead atoms. The van der Waals surface area contributed by atoms with Crippen molar-refractivity contribution in [2.45, 2.75) is 70.1 Å². The lowest BCUT2D eigenvalue weighted by molar-refractivity contribution is -0.107. The van der Waals surface area contributed by atoms with Gasteiger partial charge < -0.3 is 19.9 Å². The fourth-order valence-corrected chi connectivity index (χ4v) is 3.92. The summed E-state index contributed by atoms with van der Waals surface area (Å²) in [6, 6.07) is 3.21. The summed E-state index contributed by atoms with van der Waals surface area (Å²) in [4.78, 5) is 24.5. The molecule has 2 aliphatic rings. The van der Waals surface area contributed by atoms with Crippen LogP contribution in [0, 0.1) is 0 Å². The van der Waals surface area contributed by atoms with Crippen molar-refractivity contribution in [2.75, 3.05) is 11.9 Å². The van der Waals surface area contributed by atoms with Gasteiger partial charge in [0, 0.05) is 25.4 Å². The molecular weight excluding hydrogens is 306 g/mol. The number of rotatable bonds is 3. The van der Waals surface area contributed by atoms with Gasteiger partial charge in [0.05, 0.1) is 5.60 Å². The quantitative estimate of drug-likeness (QED) is 0.893. The summed E-state index contributed by atoms with van der Waals surface area (Å²) >= 11 is 0. The molecule has 2 N–H and O–H groups in total. The lowest BCUT2D eigenvalue weighted by atomic mass is 9.78. The van der Waals surface area contributed by atoms with E-state index in [-0.39, 0.29) is 23.2 Å². The van der Waals surface area contributed by atoms with Gasteiger partial charge in [-0.1, -0.05) is 19.3 Å². The first-order valence-corrected chi connectivity index (χ1v) is 9.03. The molecule has 1 saturated carbocycles. The lowest BCUT2D eigenvalue weighted by Crippen LogP contribution is -2.50. The van der Waals surface area contributed by atoms with E-state index in [0.29, 0.717) is 18.8 Å². The maximum Gasteiger partial charge on any atom is 0.319 e. The number of hydrogen-bond donors (Lipinski definition) is 2. The highest BCUT2D eigenvalue weighted by molar-refractivity contribution is 5.89. The molecule has 1 aromatic heterocycles. The second kappa shape index (κ2) is 7.38. The molecule has 132 valence electrons. The first-order chi connectivity index (χ1) is 11.6. The van der Waals surface area contributed by atoms with E-state index >= 15 is 0 Å². The first kappa shape index (κ1) is 17.0. The topological polar surface area (TPSA) is 72.4 Å². The molecule has 1 saturated heterocycles. The summed E-state index contributed by atoms with van der Waals surface area (Å²) in [7, 11) is 0. The van der Waals surface area contributed by atoms with Crippen LogP contribution in [0.15, 0.2) is 23.1 Å². The van der Waals surface area contributed by atoms with Gasteiger partial charge in [0.25, 0.3) is 5.56 Å². The Kier molecular flexibility index (Phi) is 5.23. The van der Waals surface area contributed by atoms with Gasteiger partial charge in [0.2, 0.25) is 0 Å². The molecule has 24 heavy (non-hydrogen) atoms. The Labute approximate surface area is 142 Å². The van der Waals surface area contributed by atoms with Crippen LogP contribution in [0.2, 0.25) is 0 Å². The molecule has 3 rings (SSSR count). The number of pyridine rings is 1. The fourth-order valence-electron chi connectivity index (χ4n) is 3.92. The van der Waals surface area contributed by atoms with Gasteiger partial charge in [-0.05, 0) is 44.7 Å². The summed E-state index contributed by atoms with van der Waals surface area (Å²) in [6.45, 7) is 3.17. The molecule has 1 aromatic rings. The van der Waals surface area contributed by atoms with Gasteiger partial charge in [-0.3, -0.25) is 4.79 Å². The molecule has 6 heteroatoms. The van der Waals surface area contributed by atoms with E-state index in [1.807, 2.05) is 6.92 Å². The van der Waals surface area contributed by atoms with Gasteiger partial charge in [0.15, 0.2) is 0 Å². The van der Waals surface area contributed by atoms with Crippen molar-refractivity contribution < 1.29 is 9.53 Å². The molecule has 6 nitrogen and oxygen atoms in total. The van der Waals surface area contributed by atoms with Crippen molar-refractivity contribution in [3.63, 3.8) is 0 Å². The second-order valence-electron chi connectivity index (χ2n) is 6.89. The molecular formula is C18H27N3O3. The number of ether oxygens (including phenoxy) is 1. The van der Waals surface area contributed by atoms with E-state index in [1.165, 1.54) is 19.3 Å². The van der Waals surface area contributed by atoms with Crippen LogP contribution in [0.25, 0.3) is 0 Å². The summed E-state index contributed by atoms with van der Waals surface area (Å²) in [5.74, 6) is 0. The average Bonchev–Trinajstić information content (AvgIpc) is 2.57. The Morgan fingerprint density at radius 2 is 2.17 bits per heavy atom. The largest absolute Gasteiger partial charge is 0.375 e. The van der Waals surface area contributed by atoms with Gasteiger partial charge in [0.1, 0.15) is 5.69 Å². The van der Waals surface area contributed by atoms with Crippen LogP contribution in [0.3, 0.4) is 0 Å². The summed E-state index contributed by atoms with van der Waals surface area (Å²) in [5.41, 5.74) is 0.0954. The third-order valence-corrected chi connectivity index (χ3v) is 5.20. The molecule has 1 unspecified atom stereocenters. The predicted molar refractivity (Wildman–Crippen MR) is 93.3 cm³/mol. The number of anilines is 1. The smallest absolute Gasteiger partial charge is 0.319 e. The number of nitrogens with zero attached hydrogens (tertiary/aromatic N) is 1. The van der Waals surface area contributed by atoms with Crippen LogP contribution in [0.1, 0.15) is 51.9 Å². The minimum absolute atomic E-state index is 0.0455. The third kappa shape index (κ3) is 3.80.